The monoisotopic (exact) mass is 374 g/mol. The minimum atomic E-state index is -0.554. The fourth-order valence-corrected chi connectivity index (χ4v) is 3.55. The molecule has 2 heterocycles. The molecule has 142 valence electrons. The van der Waals surface area contributed by atoms with E-state index in [0.29, 0.717) is 17.6 Å². The minimum absolute atomic E-state index is 0.0156. The van der Waals surface area contributed by atoms with Crippen molar-refractivity contribution >= 4 is 17.5 Å². The number of anilines is 1. The molecule has 5 nitrogen and oxygen atoms in total. The molecule has 1 N–H and O–H groups in total. The number of carbonyl (C=O) groups excluding carboxylic acids is 2. The molecule has 0 radical (unpaired) electrons. The Hall–Kier alpha value is -3.34. The molecular formula is C23H22N2O3. The molecule has 2 aromatic rings. The summed E-state index contributed by atoms with van der Waals surface area (Å²) in [5, 5.41) is 3.04. The van der Waals surface area contributed by atoms with Crippen molar-refractivity contribution in [1.82, 2.24) is 5.32 Å². The SMILES string of the molecule is CC1=CC(O/C=C2\CCC(c3ccccc3)NC2=O)N(c2ccccc2)C1=O. The highest BCUT2D eigenvalue weighted by atomic mass is 16.5. The second kappa shape index (κ2) is 7.72. The zero-order chi connectivity index (χ0) is 19.5. The summed E-state index contributed by atoms with van der Waals surface area (Å²) in [5.74, 6) is -0.219. The van der Waals surface area contributed by atoms with Crippen molar-refractivity contribution in [2.75, 3.05) is 4.90 Å². The Morgan fingerprint density at radius 2 is 1.71 bits per heavy atom. The first-order valence-corrected chi connectivity index (χ1v) is 9.41. The van der Waals surface area contributed by atoms with Crippen LogP contribution in [-0.2, 0) is 14.3 Å². The molecule has 2 aromatic carbocycles. The molecule has 5 heteroatoms. The zero-order valence-electron chi connectivity index (χ0n) is 15.7. The van der Waals surface area contributed by atoms with Gasteiger partial charge in [-0.05, 0) is 43.5 Å². The number of para-hydroxylation sites is 1. The fourth-order valence-electron chi connectivity index (χ4n) is 3.55. The number of ether oxygens (including phenoxy) is 1. The van der Waals surface area contributed by atoms with Gasteiger partial charge in [0.1, 0.15) is 0 Å². The van der Waals surface area contributed by atoms with Crippen LogP contribution >= 0.6 is 0 Å². The Kier molecular flexibility index (Phi) is 4.98. The van der Waals surface area contributed by atoms with Gasteiger partial charge in [0.15, 0.2) is 6.23 Å². The van der Waals surface area contributed by atoms with Crippen molar-refractivity contribution in [2.45, 2.75) is 32.0 Å². The number of benzene rings is 2. The molecule has 2 aliphatic heterocycles. The summed E-state index contributed by atoms with van der Waals surface area (Å²) in [5.41, 5.74) is 3.09. The predicted octanol–water partition coefficient (Wildman–Crippen LogP) is 3.86. The number of piperidine rings is 1. The van der Waals surface area contributed by atoms with Crippen LogP contribution in [-0.4, -0.2) is 18.0 Å². The van der Waals surface area contributed by atoms with Gasteiger partial charge in [-0.15, -0.1) is 0 Å². The van der Waals surface area contributed by atoms with Gasteiger partial charge < -0.3 is 10.1 Å². The van der Waals surface area contributed by atoms with Crippen LogP contribution < -0.4 is 10.2 Å². The van der Waals surface area contributed by atoms with E-state index in [1.807, 2.05) is 60.7 Å². The van der Waals surface area contributed by atoms with E-state index in [1.54, 1.807) is 17.9 Å². The van der Waals surface area contributed by atoms with Crippen LogP contribution in [0.5, 0.6) is 0 Å². The normalized spacial score (nSPS) is 23.5. The van der Waals surface area contributed by atoms with Gasteiger partial charge in [0.05, 0.1) is 17.9 Å². The third-order valence-electron chi connectivity index (χ3n) is 5.09. The average molecular weight is 374 g/mol. The average Bonchev–Trinajstić information content (AvgIpc) is 3.02. The van der Waals surface area contributed by atoms with Crippen LogP contribution in [0.25, 0.3) is 0 Å². The van der Waals surface area contributed by atoms with E-state index < -0.39 is 6.23 Å². The second-order valence-electron chi connectivity index (χ2n) is 7.01. The quantitative estimate of drug-likeness (QED) is 0.653. The molecule has 2 atom stereocenters. The van der Waals surface area contributed by atoms with Crippen molar-refractivity contribution in [3.8, 4) is 0 Å². The first-order valence-electron chi connectivity index (χ1n) is 9.41. The van der Waals surface area contributed by atoms with E-state index in [1.165, 1.54) is 6.26 Å². The third-order valence-corrected chi connectivity index (χ3v) is 5.09. The summed E-state index contributed by atoms with van der Waals surface area (Å²) in [6.07, 6.45) is 4.16. The first-order chi connectivity index (χ1) is 13.6. The van der Waals surface area contributed by atoms with Gasteiger partial charge in [0.25, 0.3) is 11.8 Å². The maximum atomic E-state index is 12.5. The van der Waals surface area contributed by atoms with Gasteiger partial charge in [0.2, 0.25) is 0 Å². The van der Waals surface area contributed by atoms with Crippen LogP contribution in [0.3, 0.4) is 0 Å². The highest BCUT2D eigenvalue weighted by molar-refractivity contribution is 6.08. The van der Waals surface area contributed by atoms with Gasteiger partial charge in [0, 0.05) is 11.3 Å². The minimum Gasteiger partial charge on any atom is -0.474 e. The first kappa shape index (κ1) is 18.0. The summed E-state index contributed by atoms with van der Waals surface area (Å²) in [4.78, 5) is 26.6. The van der Waals surface area contributed by atoms with E-state index in [4.69, 9.17) is 4.74 Å². The maximum absolute atomic E-state index is 12.5. The lowest BCUT2D eigenvalue weighted by molar-refractivity contribution is -0.119. The zero-order valence-corrected chi connectivity index (χ0v) is 15.7. The fraction of sp³-hybridized carbons (Fsp3) is 0.217. The Morgan fingerprint density at radius 3 is 2.39 bits per heavy atom. The van der Waals surface area contributed by atoms with E-state index in [9.17, 15) is 9.59 Å². The van der Waals surface area contributed by atoms with Crippen LogP contribution in [0.1, 0.15) is 31.4 Å². The van der Waals surface area contributed by atoms with Crippen molar-refractivity contribution in [3.05, 3.63) is 89.7 Å². The predicted molar refractivity (Wildman–Crippen MR) is 107 cm³/mol. The lowest BCUT2D eigenvalue weighted by atomic mass is 9.95. The van der Waals surface area contributed by atoms with Crippen LogP contribution in [0.15, 0.2) is 84.1 Å². The number of hydrogen-bond acceptors (Lipinski definition) is 3. The molecule has 0 bridgehead atoms. The summed E-state index contributed by atoms with van der Waals surface area (Å²) >= 11 is 0. The van der Waals surface area contributed by atoms with Crippen LogP contribution in [0.2, 0.25) is 0 Å². The van der Waals surface area contributed by atoms with Gasteiger partial charge in [-0.25, -0.2) is 0 Å². The molecule has 2 amide bonds. The molecule has 1 saturated heterocycles. The van der Waals surface area contributed by atoms with Crippen molar-refractivity contribution in [1.29, 1.82) is 0 Å². The Morgan fingerprint density at radius 1 is 1.04 bits per heavy atom. The molecule has 4 rings (SSSR count). The molecule has 28 heavy (non-hydrogen) atoms. The van der Waals surface area contributed by atoms with Gasteiger partial charge >= 0.3 is 0 Å². The van der Waals surface area contributed by atoms with E-state index in [0.717, 1.165) is 17.7 Å². The molecular weight excluding hydrogens is 352 g/mol. The number of amides is 2. The molecule has 0 aliphatic carbocycles. The third kappa shape index (κ3) is 3.56. The summed E-state index contributed by atoms with van der Waals surface area (Å²) < 4.78 is 5.87. The van der Waals surface area contributed by atoms with Gasteiger partial charge in [-0.3, -0.25) is 14.5 Å². The highest BCUT2D eigenvalue weighted by Gasteiger charge is 2.33. The number of nitrogens with one attached hydrogen (secondary N) is 1. The Balaban J connectivity index is 1.46. The highest BCUT2D eigenvalue weighted by Crippen LogP contribution is 2.29. The van der Waals surface area contributed by atoms with Gasteiger partial charge in [-0.1, -0.05) is 48.5 Å². The number of hydrogen-bond donors (Lipinski definition) is 1. The topological polar surface area (TPSA) is 58.6 Å². The molecule has 0 spiro atoms. The van der Waals surface area contributed by atoms with Crippen molar-refractivity contribution < 1.29 is 14.3 Å². The largest absolute Gasteiger partial charge is 0.474 e. The summed E-state index contributed by atoms with van der Waals surface area (Å²) in [6.45, 7) is 1.77. The molecule has 0 saturated carbocycles. The number of carbonyl (C=O) groups is 2. The van der Waals surface area contributed by atoms with Gasteiger partial charge in [-0.2, -0.15) is 0 Å². The van der Waals surface area contributed by atoms with Crippen molar-refractivity contribution in [3.63, 3.8) is 0 Å². The number of nitrogens with zero attached hydrogens (tertiary/aromatic N) is 1. The van der Waals surface area contributed by atoms with Crippen LogP contribution in [0.4, 0.5) is 5.69 Å². The maximum Gasteiger partial charge on any atom is 0.257 e. The Labute approximate surface area is 164 Å². The second-order valence-corrected chi connectivity index (χ2v) is 7.01. The summed E-state index contributed by atoms with van der Waals surface area (Å²) in [7, 11) is 0. The molecule has 2 unspecified atom stereocenters. The number of rotatable bonds is 4. The van der Waals surface area contributed by atoms with Crippen molar-refractivity contribution in [2.24, 2.45) is 0 Å². The van der Waals surface area contributed by atoms with E-state index in [-0.39, 0.29) is 17.9 Å². The smallest absolute Gasteiger partial charge is 0.257 e. The molecule has 2 aliphatic rings. The standard InChI is InChI=1S/C23H22N2O3/c1-16-14-21(25(23(16)27)19-10-6-3-7-11-19)28-15-18-12-13-20(24-22(18)26)17-8-4-2-5-9-17/h2-11,14-15,20-21H,12-13H2,1H3,(H,24,26)/b18-15+. The lowest BCUT2D eigenvalue weighted by Crippen LogP contribution is -2.36. The van der Waals surface area contributed by atoms with Crippen LogP contribution in [0, 0.1) is 0 Å². The van der Waals surface area contributed by atoms with E-state index in [2.05, 4.69) is 5.32 Å². The summed E-state index contributed by atoms with van der Waals surface area (Å²) in [6, 6.07) is 19.4. The molecule has 0 aromatic heterocycles. The molecule has 1 fully saturated rings. The van der Waals surface area contributed by atoms with E-state index >= 15 is 0 Å². The Bertz CT molecular complexity index is 935. The lowest BCUT2D eigenvalue weighted by Gasteiger charge is -2.27.